The lowest BCUT2D eigenvalue weighted by Gasteiger charge is -2.27. The monoisotopic (exact) mass is 312 g/mol. The maximum atomic E-state index is 12.2. The highest BCUT2D eigenvalue weighted by Gasteiger charge is 2.28. The average Bonchev–Trinajstić information content (AvgIpc) is 2.54. The molecule has 0 aliphatic carbocycles. The van der Waals surface area contributed by atoms with Gasteiger partial charge in [-0.3, -0.25) is 9.78 Å². The van der Waals surface area contributed by atoms with Crippen molar-refractivity contribution in [3.05, 3.63) is 66.0 Å². The van der Waals surface area contributed by atoms with Gasteiger partial charge >= 0.3 is 0 Å². The van der Waals surface area contributed by atoms with Crippen molar-refractivity contribution >= 4 is 5.91 Å². The lowest BCUT2D eigenvalue weighted by Crippen LogP contribution is -2.39. The van der Waals surface area contributed by atoms with Crippen LogP contribution in [0.3, 0.4) is 0 Å². The number of carbonyl (C=O) groups is 1. The summed E-state index contributed by atoms with van der Waals surface area (Å²) in [6.07, 6.45) is 3.53. The first-order valence-corrected chi connectivity index (χ1v) is 7.76. The molecule has 2 rings (SSSR count). The maximum Gasteiger partial charge on any atom is 0.223 e. The Morgan fingerprint density at radius 2 is 1.65 bits per heavy atom. The lowest BCUT2D eigenvalue weighted by molar-refractivity contribution is -0.126. The Balaban J connectivity index is 1.95. The van der Waals surface area contributed by atoms with Crippen molar-refractivity contribution < 1.29 is 9.90 Å². The zero-order chi connectivity index (χ0) is 16.9. The molecule has 0 bridgehead atoms. The first kappa shape index (κ1) is 17.2. The SMILES string of the molecule is CC(C)(CNC(=O)CC(C)(O)c1ccccc1)c1ccncc1. The van der Waals surface area contributed by atoms with E-state index in [-0.39, 0.29) is 17.7 Å². The largest absolute Gasteiger partial charge is 0.385 e. The summed E-state index contributed by atoms with van der Waals surface area (Å²) >= 11 is 0. The van der Waals surface area contributed by atoms with Crippen molar-refractivity contribution in [3.63, 3.8) is 0 Å². The molecular weight excluding hydrogens is 288 g/mol. The van der Waals surface area contributed by atoms with Crippen molar-refractivity contribution in [3.8, 4) is 0 Å². The van der Waals surface area contributed by atoms with E-state index in [0.29, 0.717) is 6.54 Å². The third-order valence-corrected chi connectivity index (χ3v) is 4.09. The van der Waals surface area contributed by atoms with E-state index in [1.165, 1.54) is 0 Å². The topological polar surface area (TPSA) is 62.2 Å². The van der Waals surface area contributed by atoms with Gasteiger partial charge in [0, 0.05) is 24.4 Å². The number of aromatic nitrogens is 1. The molecular formula is C19H24N2O2. The van der Waals surface area contributed by atoms with Crippen LogP contribution >= 0.6 is 0 Å². The Bertz CT molecular complexity index is 637. The first-order chi connectivity index (χ1) is 10.8. The van der Waals surface area contributed by atoms with Crippen LogP contribution in [0.2, 0.25) is 0 Å². The normalized spacial score (nSPS) is 14.1. The Hall–Kier alpha value is -2.20. The molecule has 0 radical (unpaired) electrons. The van der Waals surface area contributed by atoms with Gasteiger partial charge in [-0.1, -0.05) is 44.2 Å². The van der Waals surface area contributed by atoms with Crippen LogP contribution in [0.15, 0.2) is 54.9 Å². The second-order valence-electron chi connectivity index (χ2n) is 6.71. The summed E-state index contributed by atoms with van der Waals surface area (Å²) in [5.74, 6) is -0.166. The van der Waals surface area contributed by atoms with Gasteiger partial charge in [-0.2, -0.15) is 0 Å². The van der Waals surface area contributed by atoms with Gasteiger partial charge in [-0.15, -0.1) is 0 Å². The fraction of sp³-hybridized carbons (Fsp3) is 0.368. The molecule has 4 nitrogen and oxygen atoms in total. The molecule has 1 heterocycles. The fourth-order valence-electron chi connectivity index (χ4n) is 2.50. The highest BCUT2D eigenvalue weighted by atomic mass is 16.3. The van der Waals surface area contributed by atoms with E-state index < -0.39 is 5.60 Å². The van der Waals surface area contributed by atoms with Crippen molar-refractivity contribution in [2.24, 2.45) is 0 Å². The minimum Gasteiger partial charge on any atom is -0.385 e. The predicted molar refractivity (Wildman–Crippen MR) is 90.9 cm³/mol. The number of aliphatic hydroxyl groups is 1. The molecule has 2 N–H and O–H groups in total. The zero-order valence-corrected chi connectivity index (χ0v) is 13.9. The molecule has 4 heteroatoms. The Morgan fingerprint density at radius 1 is 1.04 bits per heavy atom. The van der Waals surface area contributed by atoms with Crippen molar-refractivity contribution in [2.45, 2.75) is 38.2 Å². The number of rotatable bonds is 6. The smallest absolute Gasteiger partial charge is 0.223 e. The molecule has 0 saturated carbocycles. The highest BCUT2D eigenvalue weighted by molar-refractivity contribution is 5.77. The molecule has 23 heavy (non-hydrogen) atoms. The zero-order valence-electron chi connectivity index (χ0n) is 13.9. The Labute approximate surface area is 137 Å². The molecule has 1 atom stereocenters. The highest BCUT2D eigenvalue weighted by Crippen LogP contribution is 2.25. The van der Waals surface area contributed by atoms with E-state index in [0.717, 1.165) is 11.1 Å². The average molecular weight is 312 g/mol. The molecule has 1 aromatic carbocycles. The van der Waals surface area contributed by atoms with Gasteiger partial charge in [0.2, 0.25) is 5.91 Å². The second kappa shape index (κ2) is 6.92. The van der Waals surface area contributed by atoms with Gasteiger partial charge in [-0.05, 0) is 30.2 Å². The molecule has 0 saturated heterocycles. The van der Waals surface area contributed by atoms with Gasteiger partial charge in [0.05, 0.1) is 12.0 Å². The molecule has 0 aliphatic heterocycles. The van der Waals surface area contributed by atoms with Crippen molar-refractivity contribution in [2.75, 3.05) is 6.54 Å². The molecule has 122 valence electrons. The molecule has 0 fully saturated rings. The number of nitrogens with one attached hydrogen (secondary N) is 1. The summed E-state index contributed by atoms with van der Waals surface area (Å²) in [5, 5.41) is 13.5. The molecule has 1 aromatic heterocycles. The minimum absolute atomic E-state index is 0.0312. The van der Waals surface area contributed by atoms with Crippen LogP contribution in [-0.2, 0) is 15.8 Å². The number of nitrogens with zero attached hydrogens (tertiary/aromatic N) is 1. The Kier molecular flexibility index (Phi) is 5.16. The number of pyridine rings is 1. The summed E-state index contributed by atoms with van der Waals surface area (Å²) in [6, 6.07) is 13.2. The van der Waals surface area contributed by atoms with E-state index in [4.69, 9.17) is 0 Å². The van der Waals surface area contributed by atoms with Crippen molar-refractivity contribution in [1.29, 1.82) is 0 Å². The van der Waals surface area contributed by atoms with Crippen LogP contribution in [-0.4, -0.2) is 22.5 Å². The van der Waals surface area contributed by atoms with Gasteiger partial charge < -0.3 is 10.4 Å². The van der Waals surface area contributed by atoms with Gasteiger partial charge in [0.1, 0.15) is 0 Å². The summed E-state index contributed by atoms with van der Waals surface area (Å²) in [4.78, 5) is 16.2. The Morgan fingerprint density at radius 3 is 2.26 bits per heavy atom. The van der Waals surface area contributed by atoms with Gasteiger partial charge in [0.25, 0.3) is 0 Å². The van der Waals surface area contributed by atoms with Crippen LogP contribution in [0.25, 0.3) is 0 Å². The van der Waals surface area contributed by atoms with E-state index in [2.05, 4.69) is 24.1 Å². The summed E-state index contributed by atoms with van der Waals surface area (Å²) < 4.78 is 0. The molecule has 0 aliphatic rings. The molecule has 0 spiro atoms. The first-order valence-electron chi connectivity index (χ1n) is 7.76. The number of amides is 1. The third kappa shape index (κ3) is 4.63. The lowest BCUT2D eigenvalue weighted by atomic mass is 9.85. The fourth-order valence-corrected chi connectivity index (χ4v) is 2.50. The summed E-state index contributed by atoms with van der Waals surface area (Å²) in [5.41, 5.74) is 0.481. The maximum absolute atomic E-state index is 12.2. The van der Waals surface area contributed by atoms with Crippen LogP contribution in [0.1, 0.15) is 38.3 Å². The van der Waals surface area contributed by atoms with Crippen molar-refractivity contribution in [1.82, 2.24) is 10.3 Å². The van der Waals surface area contributed by atoms with E-state index in [1.807, 2.05) is 42.5 Å². The third-order valence-electron chi connectivity index (χ3n) is 4.09. The predicted octanol–water partition coefficient (Wildman–Crippen LogP) is 2.77. The number of hydrogen-bond donors (Lipinski definition) is 2. The van der Waals surface area contributed by atoms with E-state index >= 15 is 0 Å². The number of hydrogen-bond acceptors (Lipinski definition) is 3. The van der Waals surface area contributed by atoms with Gasteiger partial charge in [0.15, 0.2) is 0 Å². The second-order valence-corrected chi connectivity index (χ2v) is 6.71. The van der Waals surface area contributed by atoms with Crippen LogP contribution < -0.4 is 5.32 Å². The van der Waals surface area contributed by atoms with Crippen LogP contribution in [0, 0.1) is 0 Å². The molecule has 1 unspecified atom stereocenters. The van der Waals surface area contributed by atoms with Gasteiger partial charge in [-0.25, -0.2) is 0 Å². The quantitative estimate of drug-likeness (QED) is 0.862. The minimum atomic E-state index is -1.17. The van der Waals surface area contributed by atoms with E-state index in [9.17, 15) is 9.90 Å². The summed E-state index contributed by atoms with van der Waals surface area (Å²) in [6.45, 7) is 6.30. The summed E-state index contributed by atoms with van der Waals surface area (Å²) in [7, 11) is 0. The van der Waals surface area contributed by atoms with E-state index in [1.54, 1.807) is 19.3 Å². The van der Waals surface area contributed by atoms with Crippen LogP contribution in [0.4, 0.5) is 0 Å². The standard InChI is InChI=1S/C19H24N2O2/c1-18(2,15-9-11-20-12-10-15)14-21-17(22)13-19(3,23)16-7-5-4-6-8-16/h4-12,23H,13-14H2,1-3H3,(H,21,22). The number of benzene rings is 1. The molecule has 2 aromatic rings. The van der Waals surface area contributed by atoms with Crippen LogP contribution in [0.5, 0.6) is 0 Å². The molecule has 1 amide bonds. The number of carbonyl (C=O) groups excluding carboxylic acids is 1.